The molecule has 0 amide bonds. The highest BCUT2D eigenvalue weighted by Gasteiger charge is 2.23. The Labute approximate surface area is 106 Å². The molecule has 0 aromatic heterocycles. The standard InChI is InChI=1S/C14H30N2O/c1-3-9-16(11-13-6-7-13)10-5-4-8-14(2,15)12-17/h13,17H,3-12,15H2,1-2H3. The molecule has 0 aliphatic heterocycles. The molecule has 0 radical (unpaired) electrons. The monoisotopic (exact) mass is 242 g/mol. The van der Waals surface area contributed by atoms with Crippen molar-refractivity contribution in [2.24, 2.45) is 11.7 Å². The minimum absolute atomic E-state index is 0.0910. The molecule has 0 aromatic carbocycles. The second kappa shape index (κ2) is 7.34. The summed E-state index contributed by atoms with van der Waals surface area (Å²) in [5.41, 5.74) is 5.54. The molecule has 0 spiro atoms. The molecule has 1 unspecified atom stereocenters. The molecule has 0 aromatic rings. The summed E-state index contributed by atoms with van der Waals surface area (Å²) in [6.45, 7) is 8.01. The van der Waals surface area contributed by atoms with Gasteiger partial charge in [-0.15, -0.1) is 0 Å². The van der Waals surface area contributed by atoms with Crippen molar-refractivity contribution in [1.82, 2.24) is 4.90 Å². The number of unbranched alkanes of at least 4 members (excludes halogenated alkanes) is 1. The number of hydrogen-bond donors (Lipinski definition) is 2. The number of aliphatic hydroxyl groups is 1. The summed E-state index contributed by atoms with van der Waals surface area (Å²) < 4.78 is 0. The lowest BCUT2D eigenvalue weighted by atomic mass is 9.97. The molecule has 0 heterocycles. The molecule has 0 bridgehead atoms. The van der Waals surface area contributed by atoms with Crippen LogP contribution < -0.4 is 5.73 Å². The second-order valence-corrected chi connectivity index (χ2v) is 6.01. The predicted molar refractivity (Wildman–Crippen MR) is 73.0 cm³/mol. The molecule has 1 saturated carbocycles. The zero-order valence-corrected chi connectivity index (χ0v) is 11.6. The van der Waals surface area contributed by atoms with E-state index in [1.807, 2.05) is 6.92 Å². The van der Waals surface area contributed by atoms with Crippen LogP contribution in [-0.4, -0.2) is 41.8 Å². The zero-order valence-electron chi connectivity index (χ0n) is 11.6. The van der Waals surface area contributed by atoms with Gasteiger partial charge in [0.15, 0.2) is 0 Å². The summed E-state index contributed by atoms with van der Waals surface area (Å²) in [7, 11) is 0. The van der Waals surface area contributed by atoms with E-state index in [1.54, 1.807) is 0 Å². The molecule has 1 atom stereocenters. The average molecular weight is 242 g/mol. The van der Waals surface area contributed by atoms with Gasteiger partial charge in [0.05, 0.1) is 6.61 Å². The van der Waals surface area contributed by atoms with Gasteiger partial charge in [-0.2, -0.15) is 0 Å². The molecule has 1 aliphatic rings. The van der Waals surface area contributed by atoms with Gasteiger partial charge in [-0.05, 0) is 58.0 Å². The highest BCUT2D eigenvalue weighted by Crippen LogP contribution is 2.29. The van der Waals surface area contributed by atoms with E-state index in [-0.39, 0.29) is 12.1 Å². The SMILES string of the molecule is CCCN(CCCCC(C)(N)CO)CC1CC1. The van der Waals surface area contributed by atoms with Crippen LogP contribution in [0.1, 0.15) is 52.4 Å². The number of hydrogen-bond acceptors (Lipinski definition) is 3. The van der Waals surface area contributed by atoms with Gasteiger partial charge in [0.1, 0.15) is 0 Å². The summed E-state index contributed by atoms with van der Waals surface area (Å²) in [4.78, 5) is 2.60. The molecule has 1 aliphatic carbocycles. The van der Waals surface area contributed by atoms with Gasteiger partial charge in [-0.3, -0.25) is 0 Å². The maximum atomic E-state index is 9.08. The smallest absolute Gasteiger partial charge is 0.0608 e. The van der Waals surface area contributed by atoms with Crippen molar-refractivity contribution in [3.63, 3.8) is 0 Å². The first kappa shape index (κ1) is 14.9. The minimum atomic E-state index is -0.383. The van der Waals surface area contributed by atoms with Crippen molar-refractivity contribution in [3.8, 4) is 0 Å². The molecule has 0 saturated heterocycles. The van der Waals surface area contributed by atoms with Crippen LogP contribution in [0.2, 0.25) is 0 Å². The molecule has 3 nitrogen and oxygen atoms in total. The number of nitrogens with zero attached hydrogens (tertiary/aromatic N) is 1. The van der Waals surface area contributed by atoms with Gasteiger partial charge in [0, 0.05) is 12.1 Å². The summed E-state index contributed by atoms with van der Waals surface area (Å²) in [6, 6.07) is 0. The van der Waals surface area contributed by atoms with Crippen molar-refractivity contribution in [2.45, 2.75) is 57.9 Å². The fourth-order valence-electron chi connectivity index (χ4n) is 2.22. The average Bonchev–Trinajstić information content (AvgIpc) is 3.08. The van der Waals surface area contributed by atoms with Crippen molar-refractivity contribution < 1.29 is 5.11 Å². The second-order valence-electron chi connectivity index (χ2n) is 6.01. The highest BCUT2D eigenvalue weighted by molar-refractivity contribution is 4.79. The van der Waals surface area contributed by atoms with Crippen molar-refractivity contribution in [3.05, 3.63) is 0 Å². The third-order valence-corrected chi connectivity index (χ3v) is 3.59. The van der Waals surface area contributed by atoms with Crippen LogP contribution in [0.3, 0.4) is 0 Å². The topological polar surface area (TPSA) is 49.5 Å². The van der Waals surface area contributed by atoms with Gasteiger partial charge >= 0.3 is 0 Å². The minimum Gasteiger partial charge on any atom is -0.394 e. The molecular weight excluding hydrogens is 212 g/mol. The highest BCUT2D eigenvalue weighted by atomic mass is 16.3. The van der Waals surface area contributed by atoms with Crippen LogP contribution in [0.15, 0.2) is 0 Å². The van der Waals surface area contributed by atoms with Gasteiger partial charge in [-0.25, -0.2) is 0 Å². The van der Waals surface area contributed by atoms with Crippen LogP contribution in [0, 0.1) is 5.92 Å². The zero-order chi connectivity index (χ0) is 12.7. The van der Waals surface area contributed by atoms with Crippen LogP contribution in [0.25, 0.3) is 0 Å². The van der Waals surface area contributed by atoms with E-state index < -0.39 is 0 Å². The molecule has 1 rings (SSSR count). The summed E-state index contributed by atoms with van der Waals surface area (Å²) in [5.74, 6) is 0.985. The van der Waals surface area contributed by atoms with Crippen LogP contribution >= 0.6 is 0 Å². The normalized spacial score (nSPS) is 19.6. The summed E-state index contributed by atoms with van der Waals surface area (Å²) in [5, 5.41) is 9.08. The van der Waals surface area contributed by atoms with Crippen molar-refractivity contribution in [1.29, 1.82) is 0 Å². The van der Waals surface area contributed by atoms with E-state index >= 15 is 0 Å². The number of aliphatic hydroxyl groups excluding tert-OH is 1. The number of rotatable bonds is 10. The number of nitrogens with two attached hydrogens (primary N) is 1. The molecular formula is C14H30N2O. The van der Waals surface area contributed by atoms with E-state index in [2.05, 4.69) is 11.8 Å². The molecule has 1 fully saturated rings. The molecule has 102 valence electrons. The van der Waals surface area contributed by atoms with Gasteiger partial charge < -0.3 is 15.7 Å². The lowest BCUT2D eigenvalue weighted by molar-refractivity contribution is 0.193. The molecule has 3 heteroatoms. The molecule has 3 N–H and O–H groups in total. The van der Waals surface area contributed by atoms with Gasteiger partial charge in [-0.1, -0.05) is 13.3 Å². The predicted octanol–water partition coefficient (Wildman–Crippen LogP) is 1.99. The van der Waals surface area contributed by atoms with E-state index in [0.717, 1.165) is 18.8 Å². The largest absolute Gasteiger partial charge is 0.394 e. The third kappa shape index (κ3) is 7.02. The Balaban J connectivity index is 2.08. The third-order valence-electron chi connectivity index (χ3n) is 3.59. The fraction of sp³-hybridized carbons (Fsp3) is 1.00. The van der Waals surface area contributed by atoms with Crippen molar-refractivity contribution >= 4 is 0 Å². The Hall–Kier alpha value is -0.120. The van der Waals surface area contributed by atoms with E-state index in [1.165, 1.54) is 45.3 Å². The lowest BCUT2D eigenvalue weighted by Gasteiger charge is -2.24. The Kier molecular flexibility index (Phi) is 6.45. The Bertz CT molecular complexity index is 202. The lowest BCUT2D eigenvalue weighted by Crippen LogP contribution is -2.40. The van der Waals surface area contributed by atoms with Crippen LogP contribution in [0.4, 0.5) is 0 Å². The summed E-state index contributed by atoms with van der Waals surface area (Å²) in [6.07, 6.45) is 7.38. The Morgan fingerprint density at radius 2 is 2.00 bits per heavy atom. The van der Waals surface area contributed by atoms with Crippen molar-refractivity contribution in [2.75, 3.05) is 26.2 Å². The maximum Gasteiger partial charge on any atom is 0.0608 e. The van der Waals surface area contributed by atoms with Gasteiger partial charge in [0.25, 0.3) is 0 Å². The van der Waals surface area contributed by atoms with E-state index in [0.29, 0.717) is 0 Å². The quantitative estimate of drug-likeness (QED) is 0.576. The Morgan fingerprint density at radius 3 is 2.53 bits per heavy atom. The first-order valence-electron chi connectivity index (χ1n) is 7.19. The van der Waals surface area contributed by atoms with Gasteiger partial charge in [0.2, 0.25) is 0 Å². The van der Waals surface area contributed by atoms with E-state index in [4.69, 9.17) is 10.8 Å². The summed E-state index contributed by atoms with van der Waals surface area (Å²) >= 11 is 0. The van der Waals surface area contributed by atoms with Crippen LogP contribution in [-0.2, 0) is 0 Å². The maximum absolute atomic E-state index is 9.08. The fourth-order valence-corrected chi connectivity index (χ4v) is 2.22. The first-order chi connectivity index (χ1) is 8.07. The Morgan fingerprint density at radius 1 is 1.29 bits per heavy atom. The van der Waals surface area contributed by atoms with Crippen LogP contribution in [0.5, 0.6) is 0 Å². The molecule has 17 heavy (non-hydrogen) atoms. The van der Waals surface area contributed by atoms with E-state index in [9.17, 15) is 0 Å². The first-order valence-corrected chi connectivity index (χ1v) is 7.19.